The van der Waals surface area contributed by atoms with E-state index in [1.54, 1.807) is 6.92 Å². The first-order chi connectivity index (χ1) is 16.6. The number of thiophene rings is 1. The number of hydrogen-bond acceptors (Lipinski definition) is 4. The zero-order valence-corrected chi connectivity index (χ0v) is 21.8. The van der Waals surface area contributed by atoms with Gasteiger partial charge in [-0.2, -0.15) is 0 Å². The van der Waals surface area contributed by atoms with Crippen LogP contribution in [-0.2, 0) is 0 Å². The second-order valence-electron chi connectivity index (χ2n) is 10.2. The Kier molecular flexibility index (Phi) is 5.62. The predicted octanol–water partition coefficient (Wildman–Crippen LogP) is 6.78. The summed E-state index contributed by atoms with van der Waals surface area (Å²) in [4.78, 5) is 16.3. The number of Topliss-reactive ketones (excluding diaryl/α,β-unsaturated/α-hetero) is 1. The minimum Gasteiger partial charge on any atom is -0.390 e. The lowest BCUT2D eigenvalue weighted by Gasteiger charge is -2.43. The first-order valence-corrected chi connectivity index (χ1v) is 12.8. The summed E-state index contributed by atoms with van der Waals surface area (Å²) in [7, 11) is 0. The number of H-pyrrole nitrogens is 1. The lowest BCUT2D eigenvalue weighted by atomic mass is 9.75. The number of anilines is 1. The first-order valence-electron chi connectivity index (χ1n) is 11.9. The third-order valence-electron chi connectivity index (χ3n) is 7.24. The van der Waals surface area contributed by atoms with Gasteiger partial charge < -0.3 is 15.4 Å². The van der Waals surface area contributed by atoms with E-state index in [1.807, 2.05) is 31.5 Å². The molecule has 5 heteroatoms. The van der Waals surface area contributed by atoms with E-state index in [9.17, 15) is 9.90 Å². The number of ketones is 1. The van der Waals surface area contributed by atoms with Gasteiger partial charge in [0.15, 0.2) is 5.78 Å². The van der Waals surface area contributed by atoms with Gasteiger partial charge in [-0.05, 0) is 74.7 Å². The molecular weight excluding hydrogens is 452 g/mol. The molecule has 3 N–H and O–H groups in total. The molecule has 0 saturated carbocycles. The van der Waals surface area contributed by atoms with Gasteiger partial charge in [-0.25, -0.2) is 0 Å². The molecule has 1 aliphatic heterocycles. The molecule has 3 heterocycles. The van der Waals surface area contributed by atoms with Crippen LogP contribution in [0.1, 0.15) is 71.1 Å². The molecule has 4 nitrogen and oxygen atoms in total. The second kappa shape index (κ2) is 8.41. The third-order valence-corrected chi connectivity index (χ3v) is 8.07. The second-order valence-corrected chi connectivity index (χ2v) is 11.1. The van der Waals surface area contributed by atoms with Crippen molar-refractivity contribution in [3.63, 3.8) is 0 Å². The summed E-state index contributed by atoms with van der Waals surface area (Å²) >= 11 is 1.48. The van der Waals surface area contributed by atoms with Crippen molar-refractivity contribution in [2.24, 2.45) is 0 Å². The maximum Gasteiger partial charge on any atom is 0.161 e. The molecule has 5 rings (SSSR count). The highest BCUT2D eigenvalue weighted by Crippen LogP contribution is 2.46. The van der Waals surface area contributed by atoms with E-state index in [2.05, 4.69) is 67.2 Å². The van der Waals surface area contributed by atoms with E-state index in [1.165, 1.54) is 22.3 Å². The molecule has 0 radical (unpaired) electrons. The SMILES string of the molecule is CC(=O)c1ccsc1C#Cc1c(-c2cccc3c(C)c[nH]c23)cc(C)c2c1[C@H](C)[C@@H](O)C(C)(C)N2. The maximum absolute atomic E-state index is 12.1. The van der Waals surface area contributed by atoms with Gasteiger partial charge in [0.05, 0.1) is 22.0 Å². The van der Waals surface area contributed by atoms with Gasteiger partial charge in [-0.3, -0.25) is 4.79 Å². The van der Waals surface area contributed by atoms with E-state index in [-0.39, 0.29) is 11.7 Å². The molecule has 0 aliphatic carbocycles. The minimum absolute atomic E-state index is 0.0144. The molecule has 2 atom stereocenters. The summed E-state index contributed by atoms with van der Waals surface area (Å²) in [5.41, 5.74) is 8.64. The number of aromatic amines is 1. The van der Waals surface area contributed by atoms with E-state index < -0.39 is 11.6 Å². The van der Waals surface area contributed by atoms with E-state index in [0.717, 1.165) is 43.9 Å². The minimum atomic E-state index is -0.580. The number of carbonyl (C=O) groups is 1. The molecule has 0 bridgehead atoms. The van der Waals surface area contributed by atoms with Gasteiger partial charge in [-0.15, -0.1) is 11.3 Å². The van der Waals surface area contributed by atoms with Crippen LogP contribution < -0.4 is 5.32 Å². The summed E-state index contributed by atoms with van der Waals surface area (Å²) in [6, 6.07) is 10.4. The van der Waals surface area contributed by atoms with Crippen molar-refractivity contribution in [3.8, 4) is 23.0 Å². The van der Waals surface area contributed by atoms with Crippen LogP contribution >= 0.6 is 11.3 Å². The topological polar surface area (TPSA) is 65.1 Å². The van der Waals surface area contributed by atoms with Crippen molar-refractivity contribution in [1.29, 1.82) is 0 Å². The van der Waals surface area contributed by atoms with Crippen molar-refractivity contribution in [2.45, 2.75) is 59.1 Å². The zero-order valence-electron chi connectivity index (χ0n) is 21.0. The average Bonchev–Trinajstić information content (AvgIpc) is 3.44. The van der Waals surface area contributed by atoms with E-state index >= 15 is 0 Å². The number of para-hydroxylation sites is 1. The number of hydrogen-bond donors (Lipinski definition) is 3. The number of benzene rings is 2. The highest BCUT2D eigenvalue weighted by atomic mass is 32.1. The number of aliphatic hydroxyl groups excluding tert-OH is 1. The number of aryl methyl sites for hydroxylation is 2. The molecule has 0 saturated heterocycles. The predicted molar refractivity (Wildman–Crippen MR) is 146 cm³/mol. The van der Waals surface area contributed by atoms with Crippen LogP contribution in [0.15, 0.2) is 41.9 Å². The fourth-order valence-corrected chi connectivity index (χ4v) is 6.10. The van der Waals surface area contributed by atoms with E-state index in [0.29, 0.717) is 5.56 Å². The van der Waals surface area contributed by atoms with Crippen LogP contribution in [0.25, 0.3) is 22.0 Å². The highest BCUT2D eigenvalue weighted by Gasteiger charge is 2.40. The average molecular weight is 483 g/mol. The normalized spacial score (nSPS) is 18.5. The van der Waals surface area contributed by atoms with Crippen molar-refractivity contribution in [1.82, 2.24) is 4.98 Å². The molecule has 2 aromatic heterocycles. The van der Waals surface area contributed by atoms with Gasteiger partial charge in [0.2, 0.25) is 0 Å². The number of nitrogens with one attached hydrogen (secondary N) is 2. The van der Waals surface area contributed by atoms with Gasteiger partial charge in [0.1, 0.15) is 0 Å². The van der Waals surface area contributed by atoms with Crippen molar-refractivity contribution in [2.75, 3.05) is 5.32 Å². The first kappa shape index (κ1) is 23.4. The zero-order chi connectivity index (χ0) is 25.1. The molecule has 0 spiro atoms. The Bertz CT molecular complexity index is 1540. The van der Waals surface area contributed by atoms with E-state index in [4.69, 9.17) is 0 Å². The number of carbonyl (C=O) groups excluding carboxylic acids is 1. The molecule has 178 valence electrons. The smallest absolute Gasteiger partial charge is 0.161 e. The maximum atomic E-state index is 12.1. The van der Waals surface area contributed by atoms with Crippen molar-refractivity contribution < 1.29 is 9.90 Å². The molecule has 1 aliphatic rings. The summed E-state index contributed by atoms with van der Waals surface area (Å²) in [5.74, 6) is 6.66. The van der Waals surface area contributed by atoms with Crippen LogP contribution in [0.5, 0.6) is 0 Å². The number of aromatic nitrogens is 1. The lowest BCUT2D eigenvalue weighted by molar-refractivity contribution is 0.0868. The van der Waals surface area contributed by atoms with Gasteiger partial charge in [0, 0.05) is 45.4 Å². The number of fused-ring (bicyclic) bond motifs is 2. The molecule has 4 aromatic rings. The Balaban J connectivity index is 1.84. The summed E-state index contributed by atoms with van der Waals surface area (Å²) in [6.07, 6.45) is 1.45. The molecular formula is C30H30N2O2S. The van der Waals surface area contributed by atoms with Crippen LogP contribution in [0.4, 0.5) is 5.69 Å². The van der Waals surface area contributed by atoms with Gasteiger partial charge in [0.25, 0.3) is 0 Å². The summed E-state index contributed by atoms with van der Waals surface area (Å²) < 4.78 is 0. The summed E-state index contributed by atoms with van der Waals surface area (Å²) in [5, 5.41) is 17.9. The van der Waals surface area contributed by atoms with Crippen molar-refractivity contribution >= 4 is 33.7 Å². The standard InChI is InChI=1S/C30H30N2O2S/c1-16-14-24(23-9-7-8-20-17(2)15-31-28(20)23)22(10-11-25-21(19(4)33)12-13-35-25)26-18(3)29(34)30(5,6)32-27(16)26/h7-9,12-15,18,29,31-32,34H,1-6H3/t18-,29+/m0/s1. The monoisotopic (exact) mass is 482 g/mol. The lowest BCUT2D eigenvalue weighted by Crippen LogP contribution is -2.50. The Morgan fingerprint density at radius 3 is 2.63 bits per heavy atom. The molecule has 0 amide bonds. The summed E-state index contributed by atoms with van der Waals surface area (Å²) in [6.45, 7) is 11.9. The number of rotatable bonds is 2. The van der Waals surface area contributed by atoms with Gasteiger partial charge >= 0.3 is 0 Å². The molecule has 0 fully saturated rings. The largest absolute Gasteiger partial charge is 0.390 e. The van der Waals surface area contributed by atoms with Crippen LogP contribution in [0.3, 0.4) is 0 Å². The fourth-order valence-electron chi connectivity index (χ4n) is 5.31. The third kappa shape index (κ3) is 3.78. The molecule has 2 aromatic carbocycles. The fraction of sp³-hybridized carbons (Fsp3) is 0.300. The highest BCUT2D eigenvalue weighted by molar-refractivity contribution is 7.10. The molecule has 35 heavy (non-hydrogen) atoms. The van der Waals surface area contributed by atoms with Crippen LogP contribution in [0.2, 0.25) is 0 Å². The Morgan fingerprint density at radius 2 is 1.89 bits per heavy atom. The Morgan fingerprint density at radius 1 is 1.11 bits per heavy atom. The van der Waals surface area contributed by atoms with Crippen LogP contribution in [0, 0.1) is 25.7 Å². The van der Waals surface area contributed by atoms with Crippen LogP contribution in [-0.4, -0.2) is 27.5 Å². The molecule has 0 unspecified atom stereocenters. The Labute approximate surface area is 210 Å². The van der Waals surface area contributed by atoms with Crippen molar-refractivity contribution in [3.05, 3.63) is 74.6 Å². The number of aliphatic hydroxyl groups is 1. The quantitative estimate of drug-likeness (QED) is 0.218. The van der Waals surface area contributed by atoms with Gasteiger partial charge in [-0.1, -0.05) is 31.0 Å². The Hall–Kier alpha value is -3.33.